The van der Waals surface area contributed by atoms with Crippen molar-refractivity contribution in [2.24, 2.45) is 17.8 Å². The molecule has 1 saturated heterocycles. The number of carbonyl (C=O) groups is 4. The maximum absolute atomic E-state index is 14.8. The summed E-state index contributed by atoms with van der Waals surface area (Å²) in [7, 11) is -4.05. The monoisotopic (exact) mass is 843 g/mol. The summed E-state index contributed by atoms with van der Waals surface area (Å²) >= 11 is 0. The number of carbonyl (C=O) groups excluding carboxylic acids is 3. The molecule has 1 aromatic carbocycles. The van der Waals surface area contributed by atoms with Gasteiger partial charge in [0.05, 0.1) is 18.0 Å². The van der Waals surface area contributed by atoms with Crippen LogP contribution in [0.4, 0.5) is 26.7 Å². The van der Waals surface area contributed by atoms with Crippen molar-refractivity contribution in [3.63, 3.8) is 0 Å². The smallest absolute Gasteiger partial charge is 0.408 e. The van der Waals surface area contributed by atoms with Crippen LogP contribution in [0.25, 0.3) is 10.8 Å². The Morgan fingerprint density at radius 1 is 1.12 bits per heavy atom. The molecule has 0 radical (unpaired) electrons. The number of hydrogen-bond donors (Lipinski definition) is 3. The van der Waals surface area contributed by atoms with Crippen molar-refractivity contribution >= 4 is 44.6 Å². The third-order valence-corrected chi connectivity index (χ3v) is 13.2. The molecule has 0 bridgehead atoms. The average Bonchev–Trinajstić information content (AvgIpc) is 4.07. The van der Waals surface area contributed by atoms with Gasteiger partial charge in [-0.3, -0.25) is 24.0 Å². The molecular formula is C38H46F5N5O9S. The predicted octanol–water partition coefficient (Wildman–Crippen LogP) is 5.02. The van der Waals surface area contributed by atoms with Crippen LogP contribution in [-0.2, 0) is 24.4 Å². The number of pyridine rings is 1. The number of sulfonamides is 1. The fourth-order valence-electron chi connectivity index (χ4n) is 8.01. The van der Waals surface area contributed by atoms with E-state index in [9.17, 15) is 54.7 Å². The van der Waals surface area contributed by atoms with E-state index in [1.807, 2.05) is 6.92 Å². The lowest BCUT2D eigenvalue weighted by Gasteiger charge is -2.40. The van der Waals surface area contributed by atoms with Crippen molar-refractivity contribution in [3.8, 4) is 11.6 Å². The average molecular weight is 844 g/mol. The molecule has 2 aromatic rings. The number of nitrogens with zero attached hydrogens (tertiary/aromatic N) is 3. The molecular weight excluding hydrogens is 798 g/mol. The number of hydrogen-bond acceptors (Lipinski definition) is 9. The first kappa shape index (κ1) is 42.8. The van der Waals surface area contributed by atoms with Gasteiger partial charge in [-0.05, 0) is 63.4 Å². The molecule has 318 valence electrons. The van der Waals surface area contributed by atoms with Gasteiger partial charge in [0.2, 0.25) is 27.7 Å². The van der Waals surface area contributed by atoms with Gasteiger partial charge in [0.15, 0.2) is 0 Å². The Morgan fingerprint density at radius 2 is 1.81 bits per heavy atom. The highest BCUT2D eigenvalue weighted by atomic mass is 32.2. The Hall–Kier alpha value is -4.75. The van der Waals surface area contributed by atoms with Crippen LogP contribution in [0.5, 0.6) is 11.6 Å². The van der Waals surface area contributed by atoms with Crippen LogP contribution in [0, 0.1) is 17.8 Å². The number of alkyl halides is 5. The molecule has 4 amide bonds. The maximum Gasteiger partial charge on any atom is 0.408 e. The van der Waals surface area contributed by atoms with Gasteiger partial charge < -0.3 is 24.8 Å². The van der Waals surface area contributed by atoms with E-state index in [1.165, 1.54) is 6.92 Å². The molecule has 3 fully saturated rings. The number of allylic oxidation sites excluding steroid dienone is 1. The summed E-state index contributed by atoms with van der Waals surface area (Å²) in [5.74, 6) is -4.88. The summed E-state index contributed by atoms with van der Waals surface area (Å²) in [5.41, 5.74) is -1.74. The Balaban J connectivity index is 1.40. The molecule has 0 unspecified atom stereocenters. The van der Waals surface area contributed by atoms with Crippen molar-refractivity contribution in [3.05, 3.63) is 42.6 Å². The number of carboxylic acid groups (broad SMARTS) is 1. The van der Waals surface area contributed by atoms with Crippen LogP contribution in [0.3, 0.4) is 0 Å². The van der Waals surface area contributed by atoms with Gasteiger partial charge in [0, 0.05) is 23.1 Å². The van der Waals surface area contributed by atoms with E-state index in [-0.39, 0.29) is 41.7 Å². The van der Waals surface area contributed by atoms with Crippen LogP contribution in [0.1, 0.15) is 65.7 Å². The molecule has 2 saturated carbocycles. The van der Waals surface area contributed by atoms with Gasteiger partial charge in [0.1, 0.15) is 42.1 Å². The first-order chi connectivity index (χ1) is 27.2. The van der Waals surface area contributed by atoms with E-state index < -0.39 is 106 Å². The minimum absolute atomic E-state index is 0.0167. The third kappa shape index (κ3) is 9.10. The van der Waals surface area contributed by atoms with Crippen LogP contribution in [0.2, 0.25) is 0 Å². The number of nitrogens with one attached hydrogen (secondary N) is 2. The molecule has 6 rings (SSSR count). The van der Waals surface area contributed by atoms with E-state index in [4.69, 9.17) is 9.47 Å². The maximum atomic E-state index is 14.8. The molecule has 2 aliphatic carbocycles. The number of amides is 4. The van der Waals surface area contributed by atoms with E-state index in [2.05, 4.69) is 15.0 Å². The Kier molecular flexibility index (Phi) is 12.2. The highest BCUT2D eigenvalue weighted by Gasteiger charge is 2.62. The number of fused-ring (bicyclic) bond motifs is 3. The SMILES string of the molecule is C[C@@H]1CCC=C[C@@H]2C[C@@]2(C(=O)NS(=O)(=O)C2CC2)NC(=O)[C@@H]2C[C@@H](Oc3ncc(OCC(F)F)c4ccccc34)CN2C(=O)[C@@H](N(C(=O)O)[C@H](C)C(F)(F)F)[C@H](C)C1. The molecule has 3 heterocycles. The van der Waals surface area contributed by atoms with Crippen LogP contribution in [-0.4, -0.2) is 113 Å². The first-order valence-corrected chi connectivity index (χ1v) is 20.7. The summed E-state index contributed by atoms with van der Waals surface area (Å²) < 4.78 is 108. The van der Waals surface area contributed by atoms with Gasteiger partial charge in [-0.2, -0.15) is 13.2 Å². The fraction of sp³-hybridized carbons (Fsp3) is 0.605. The molecule has 8 atom stereocenters. The zero-order valence-corrected chi connectivity index (χ0v) is 32.8. The minimum Gasteiger partial charge on any atom is -0.485 e. The Bertz CT molecular complexity index is 2050. The summed E-state index contributed by atoms with van der Waals surface area (Å²) in [5, 5.41) is 12.8. The zero-order valence-electron chi connectivity index (χ0n) is 32.0. The van der Waals surface area contributed by atoms with Crippen molar-refractivity contribution in [1.82, 2.24) is 24.8 Å². The normalized spacial score (nSPS) is 28.7. The zero-order chi connectivity index (χ0) is 42.3. The molecule has 58 heavy (non-hydrogen) atoms. The van der Waals surface area contributed by atoms with E-state index in [1.54, 1.807) is 36.4 Å². The molecule has 3 N–H and O–H groups in total. The van der Waals surface area contributed by atoms with Crippen molar-refractivity contribution in [2.45, 2.75) is 113 Å². The van der Waals surface area contributed by atoms with E-state index in [0.717, 1.165) is 11.1 Å². The van der Waals surface area contributed by atoms with E-state index in [0.29, 0.717) is 43.4 Å². The van der Waals surface area contributed by atoms with Gasteiger partial charge in [-0.25, -0.2) is 27.0 Å². The summed E-state index contributed by atoms with van der Waals surface area (Å²) in [4.78, 5) is 61.0. The summed E-state index contributed by atoms with van der Waals surface area (Å²) in [6, 6.07) is 0.291. The summed E-state index contributed by atoms with van der Waals surface area (Å²) in [6.45, 7) is 2.57. The van der Waals surface area contributed by atoms with Gasteiger partial charge >= 0.3 is 12.3 Å². The van der Waals surface area contributed by atoms with Crippen molar-refractivity contribution < 1.29 is 64.1 Å². The number of benzene rings is 1. The standard InChI is InChI=1S/C38H46F5N5O9S/c1-20-8-4-5-9-23-16-37(23,35(51)46-58(54,55)25-12-13-25)45-32(49)28-15-24(57-33-27-11-7-6-10-26(27)29(17-44-33)56-19-30(39)40)18-47(28)34(50)31(21(2)14-20)48(36(52)53)22(3)38(41,42)43/h5-7,9-11,17,20-25,28,30-31H,4,8,12-16,18-19H2,1-3H3,(H,45,49)(H,46,51)(H,52,53)/t20-,21-,22-,23-,24-,28+,31+,37-/m1/s1. The highest BCUT2D eigenvalue weighted by molar-refractivity contribution is 7.91. The first-order valence-electron chi connectivity index (χ1n) is 19.1. The second-order valence-electron chi connectivity index (χ2n) is 15.8. The van der Waals surface area contributed by atoms with Crippen LogP contribution >= 0.6 is 0 Å². The van der Waals surface area contributed by atoms with Gasteiger partial charge in [-0.15, -0.1) is 0 Å². The van der Waals surface area contributed by atoms with Crippen molar-refractivity contribution in [2.75, 3.05) is 13.2 Å². The largest absolute Gasteiger partial charge is 0.485 e. The molecule has 14 nitrogen and oxygen atoms in total. The molecule has 20 heteroatoms. The molecule has 4 aliphatic rings. The van der Waals surface area contributed by atoms with Gasteiger partial charge in [-0.1, -0.05) is 44.2 Å². The topological polar surface area (TPSA) is 185 Å². The lowest BCUT2D eigenvalue weighted by Crippen LogP contribution is -2.62. The lowest BCUT2D eigenvalue weighted by molar-refractivity contribution is -0.184. The number of aromatic nitrogens is 1. The number of halogens is 5. The molecule has 2 aliphatic heterocycles. The quantitative estimate of drug-likeness (QED) is 0.217. The second-order valence-corrected chi connectivity index (χ2v) is 17.7. The second kappa shape index (κ2) is 16.5. The lowest BCUT2D eigenvalue weighted by atomic mass is 9.86. The Labute approximate surface area is 331 Å². The fourth-order valence-corrected chi connectivity index (χ4v) is 9.38. The minimum atomic E-state index is -5.07. The highest BCUT2D eigenvalue weighted by Crippen LogP contribution is 2.46. The Morgan fingerprint density at radius 3 is 2.45 bits per heavy atom. The number of rotatable bonds is 10. The third-order valence-electron chi connectivity index (χ3n) is 11.4. The van der Waals surface area contributed by atoms with Gasteiger partial charge in [0.25, 0.3) is 12.3 Å². The molecule has 1 aromatic heterocycles. The number of ether oxygens (including phenoxy) is 2. The van der Waals surface area contributed by atoms with Crippen molar-refractivity contribution in [1.29, 1.82) is 0 Å². The van der Waals surface area contributed by atoms with Crippen LogP contribution in [0.15, 0.2) is 42.6 Å². The van der Waals surface area contributed by atoms with Crippen LogP contribution < -0.4 is 19.5 Å². The predicted molar refractivity (Wildman–Crippen MR) is 197 cm³/mol. The molecule has 0 spiro atoms. The summed E-state index contributed by atoms with van der Waals surface area (Å²) in [6.07, 6.45) is -4.83. The van der Waals surface area contributed by atoms with E-state index >= 15 is 0 Å².